The van der Waals surface area contributed by atoms with E-state index in [1.54, 1.807) is 4.90 Å². The fourth-order valence-corrected chi connectivity index (χ4v) is 3.03. The number of H-pyrrole nitrogens is 1. The summed E-state index contributed by atoms with van der Waals surface area (Å²) in [6.07, 6.45) is 1.35. The molecule has 1 aromatic heterocycles. The van der Waals surface area contributed by atoms with Crippen LogP contribution in [0.15, 0.2) is 41.2 Å². The predicted octanol–water partition coefficient (Wildman–Crippen LogP) is 0.870. The van der Waals surface area contributed by atoms with Crippen LogP contribution >= 0.6 is 0 Å². The van der Waals surface area contributed by atoms with E-state index in [4.69, 9.17) is 0 Å². The second kappa shape index (κ2) is 8.03. The third-order valence-electron chi connectivity index (χ3n) is 4.66. The summed E-state index contributed by atoms with van der Waals surface area (Å²) >= 11 is 0. The number of carbonyl (C=O) groups is 2. The van der Waals surface area contributed by atoms with Gasteiger partial charge in [-0.05, 0) is 43.2 Å². The Hall–Kier alpha value is -3.16. The quantitative estimate of drug-likeness (QED) is 0.833. The number of likely N-dealkylation sites (tertiary alicyclic amines) is 1. The van der Waals surface area contributed by atoms with Gasteiger partial charge in [0, 0.05) is 50.5 Å². The number of nitrogens with zero attached hydrogens (tertiary/aromatic N) is 3. The molecule has 2 aromatic rings. The molecule has 0 aliphatic carbocycles. The second-order valence-electron chi connectivity index (χ2n) is 6.79. The van der Waals surface area contributed by atoms with Crippen LogP contribution in [-0.2, 0) is 0 Å². The molecule has 1 fully saturated rings. The molecule has 0 atom stereocenters. The first kappa shape index (κ1) is 18.6. The number of amides is 2. The highest BCUT2D eigenvalue weighted by Crippen LogP contribution is 2.15. The van der Waals surface area contributed by atoms with E-state index in [1.165, 1.54) is 12.1 Å². The van der Waals surface area contributed by atoms with Gasteiger partial charge in [0.15, 0.2) is 0 Å². The smallest absolute Gasteiger partial charge is 0.274 e. The Morgan fingerprint density at radius 3 is 2.33 bits per heavy atom. The van der Waals surface area contributed by atoms with Crippen molar-refractivity contribution < 1.29 is 9.59 Å². The highest BCUT2D eigenvalue weighted by molar-refractivity contribution is 5.95. The van der Waals surface area contributed by atoms with Crippen molar-refractivity contribution in [3.63, 3.8) is 0 Å². The molecule has 1 aromatic carbocycles. The minimum absolute atomic E-state index is 0.0265. The van der Waals surface area contributed by atoms with E-state index in [1.807, 2.05) is 43.3 Å². The SMILES string of the molecule is CN(C)c1ccc(C(=O)NC2CCN(C(=O)c3ccc(=O)[nH]n3)CC2)cc1. The Balaban J connectivity index is 1.53. The summed E-state index contributed by atoms with van der Waals surface area (Å²) in [6.45, 7) is 1.06. The van der Waals surface area contributed by atoms with Crippen LogP contribution in [0.4, 0.5) is 5.69 Å². The van der Waals surface area contributed by atoms with E-state index in [-0.39, 0.29) is 29.1 Å². The number of piperidine rings is 1. The van der Waals surface area contributed by atoms with Gasteiger partial charge in [-0.15, -0.1) is 0 Å². The summed E-state index contributed by atoms with van der Waals surface area (Å²) in [5.41, 5.74) is 1.54. The molecule has 1 aliphatic rings. The van der Waals surface area contributed by atoms with Gasteiger partial charge in [0.05, 0.1) is 0 Å². The van der Waals surface area contributed by atoms with Gasteiger partial charge in [-0.2, -0.15) is 5.10 Å². The van der Waals surface area contributed by atoms with E-state index in [0.29, 0.717) is 31.5 Å². The minimum atomic E-state index is -0.341. The number of carbonyl (C=O) groups excluding carboxylic acids is 2. The maximum absolute atomic E-state index is 12.4. The van der Waals surface area contributed by atoms with Crippen molar-refractivity contribution in [3.05, 3.63) is 58.0 Å². The largest absolute Gasteiger partial charge is 0.378 e. The number of aromatic nitrogens is 2. The topological polar surface area (TPSA) is 98.4 Å². The lowest BCUT2D eigenvalue weighted by atomic mass is 10.0. The summed E-state index contributed by atoms with van der Waals surface area (Å²) in [5, 5.41) is 9.09. The molecule has 1 aliphatic heterocycles. The first-order valence-corrected chi connectivity index (χ1v) is 8.87. The molecular formula is C19H23N5O3. The lowest BCUT2D eigenvalue weighted by Crippen LogP contribution is -2.46. The number of benzene rings is 1. The monoisotopic (exact) mass is 369 g/mol. The van der Waals surface area contributed by atoms with Crippen molar-refractivity contribution in [2.45, 2.75) is 18.9 Å². The minimum Gasteiger partial charge on any atom is -0.378 e. The molecular weight excluding hydrogens is 346 g/mol. The summed E-state index contributed by atoms with van der Waals surface area (Å²) in [4.78, 5) is 39.5. The molecule has 0 unspecified atom stereocenters. The predicted molar refractivity (Wildman–Crippen MR) is 102 cm³/mol. The highest BCUT2D eigenvalue weighted by atomic mass is 16.2. The Morgan fingerprint density at radius 2 is 1.78 bits per heavy atom. The number of hydrogen-bond donors (Lipinski definition) is 2. The first-order valence-electron chi connectivity index (χ1n) is 8.87. The van der Waals surface area contributed by atoms with Gasteiger partial charge < -0.3 is 15.1 Å². The van der Waals surface area contributed by atoms with E-state index in [9.17, 15) is 14.4 Å². The molecule has 0 radical (unpaired) electrons. The summed E-state index contributed by atoms with van der Waals surface area (Å²) < 4.78 is 0. The number of anilines is 1. The normalized spacial score (nSPS) is 14.7. The summed E-state index contributed by atoms with van der Waals surface area (Å²) in [6, 6.07) is 10.2. The van der Waals surface area contributed by atoms with Gasteiger partial charge in [0.1, 0.15) is 5.69 Å². The molecule has 2 amide bonds. The molecule has 3 rings (SSSR count). The molecule has 142 valence electrons. The fourth-order valence-electron chi connectivity index (χ4n) is 3.03. The number of hydrogen-bond acceptors (Lipinski definition) is 5. The molecule has 27 heavy (non-hydrogen) atoms. The van der Waals surface area contributed by atoms with E-state index in [2.05, 4.69) is 15.5 Å². The first-order chi connectivity index (χ1) is 12.9. The van der Waals surface area contributed by atoms with Gasteiger partial charge >= 0.3 is 0 Å². The van der Waals surface area contributed by atoms with Crippen LogP contribution in [0.25, 0.3) is 0 Å². The molecule has 8 heteroatoms. The van der Waals surface area contributed by atoms with Crippen molar-refractivity contribution in [1.82, 2.24) is 20.4 Å². The second-order valence-corrected chi connectivity index (χ2v) is 6.79. The Kier molecular flexibility index (Phi) is 5.54. The van der Waals surface area contributed by atoms with Crippen LogP contribution in [0.3, 0.4) is 0 Å². The van der Waals surface area contributed by atoms with E-state index in [0.717, 1.165) is 5.69 Å². The molecule has 2 N–H and O–H groups in total. The number of rotatable bonds is 4. The zero-order chi connectivity index (χ0) is 19.4. The van der Waals surface area contributed by atoms with Crippen molar-refractivity contribution in [2.75, 3.05) is 32.1 Å². The lowest BCUT2D eigenvalue weighted by molar-refractivity contribution is 0.0691. The van der Waals surface area contributed by atoms with Crippen molar-refractivity contribution in [2.24, 2.45) is 0 Å². The molecule has 0 saturated carbocycles. The fraction of sp³-hybridized carbons (Fsp3) is 0.368. The number of aromatic amines is 1. The average molecular weight is 369 g/mol. The van der Waals surface area contributed by atoms with Gasteiger partial charge in [0.25, 0.3) is 17.4 Å². The van der Waals surface area contributed by atoms with Crippen LogP contribution in [0, 0.1) is 0 Å². The third-order valence-corrected chi connectivity index (χ3v) is 4.66. The van der Waals surface area contributed by atoms with Crippen LogP contribution in [0.1, 0.15) is 33.7 Å². The molecule has 8 nitrogen and oxygen atoms in total. The van der Waals surface area contributed by atoms with E-state index >= 15 is 0 Å². The zero-order valence-corrected chi connectivity index (χ0v) is 15.4. The Labute approximate surface area is 157 Å². The van der Waals surface area contributed by atoms with Crippen LogP contribution < -0.4 is 15.8 Å². The number of nitrogens with one attached hydrogen (secondary N) is 2. The Morgan fingerprint density at radius 1 is 1.11 bits per heavy atom. The molecule has 0 spiro atoms. The van der Waals surface area contributed by atoms with E-state index < -0.39 is 0 Å². The van der Waals surface area contributed by atoms with Crippen molar-refractivity contribution in [3.8, 4) is 0 Å². The van der Waals surface area contributed by atoms with Crippen molar-refractivity contribution in [1.29, 1.82) is 0 Å². The zero-order valence-electron chi connectivity index (χ0n) is 15.4. The molecule has 1 saturated heterocycles. The highest BCUT2D eigenvalue weighted by Gasteiger charge is 2.25. The standard InChI is InChI=1S/C19H23N5O3/c1-23(2)15-5-3-13(4-6-15)18(26)20-14-9-11-24(12-10-14)19(27)16-7-8-17(25)22-21-16/h3-8,14H,9-12H2,1-2H3,(H,20,26)(H,22,25). The molecule has 0 bridgehead atoms. The van der Waals surface area contributed by atoms with Crippen LogP contribution in [0.5, 0.6) is 0 Å². The van der Waals surface area contributed by atoms with Crippen molar-refractivity contribution >= 4 is 17.5 Å². The summed E-state index contributed by atoms with van der Waals surface area (Å²) in [7, 11) is 3.90. The van der Waals surface area contributed by atoms with Gasteiger partial charge in [-0.3, -0.25) is 14.4 Å². The van der Waals surface area contributed by atoms with Crippen LogP contribution in [0.2, 0.25) is 0 Å². The lowest BCUT2D eigenvalue weighted by Gasteiger charge is -2.32. The average Bonchev–Trinajstić information content (AvgIpc) is 2.68. The molecule has 2 heterocycles. The van der Waals surface area contributed by atoms with Gasteiger partial charge in [-0.25, -0.2) is 5.10 Å². The summed E-state index contributed by atoms with van der Waals surface area (Å²) in [5.74, 6) is -0.317. The Bertz CT molecular complexity index is 847. The van der Waals surface area contributed by atoms with Crippen LogP contribution in [-0.4, -0.2) is 60.1 Å². The van der Waals surface area contributed by atoms with Gasteiger partial charge in [0.2, 0.25) is 0 Å². The maximum Gasteiger partial charge on any atom is 0.274 e. The third kappa shape index (κ3) is 4.52. The van der Waals surface area contributed by atoms with Gasteiger partial charge in [-0.1, -0.05) is 0 Å². The maximum atomic E-state index is 12.4.